The molecule has 23 heavy (non-hydrogen) atoms. The molecule has 2 rings (SSSR count). The summed E-state index contributed by atoms with van der Waals surface area (Å²) in [7, 11) is -3.73. The third-order valence-corrected chi connectivity index (χ3v) is 4.99. The van der Waals surface area contributed by atoms with E-state index in [2.05, 4.69) is 9.88 Å². The molecular formula is C14H19N3O5S. The van der Waals surface area contributed by atoms with E-state index in [1.165, 1.54) is 25.0 Å². The molecule has 2 aromatic heterocycles. The van der Waals surface area contributed by atoms with Crippen LogP contribution in [0.1, 0.15) is 24.1 Å². The Morgan fingerprint density at radius 3 is 2.65 bits per heavy atom. The van der Waals surface area contributed by atoms with E-state index in [0.717, 1.165) is 0 Å². The van der Waals surface area contributed by atoms with Crippen LogP contribution in [0, 0.1) is 13.8 Å². The van der Waals surface area contributed by atoms with Gasteiger partial charge in [-0.3, -0.25) is 4.79 Å². The molecule has 8 nitrogen and oxygen atoms in total. The number of hydrogen-bond acceptors (Lipinski definition) is 6. The maximum absolute atomic E-state index is 12.3. The van der Waals surface area contributed by atoms with Gasteiger partial charge in [0.05, 0.1) is 12.8 Å². The lowest BCUT2D eigenvalue weighted by atomic mass is 10.4. The predicted octanol–water partition coefficient (Wildman–Crippen LogP) is 1.21. The van der Waals surface area contributed by atoms with Gasteiger partial charge in [-0.15, -0.1) is 0 Å². The number of sulfonamides is 1. The molecule has 9 heteroatoms. The van der Waals surface area contributed by atoms with Gasteiger partial charge in [-0.05, 0) is 26.0 Å². The van der Waals surface area contributed by atoms with Gasteiger partial charge in [0.1, 0.15) is 16.3 Å². The number of aryl methyl sites for hydroxylation is 2. The van der Waals surface area contributed by atoms with Crippen LogP contribution in [-0.2, 0) is 21.4 Å². The van der Waals surface area contributed by atoms with E-state index in [1.807, 2.05) is 0 Å². The number of aromatic nitrogens is 1. The molecule has 1 N–H and O–H groups in total. The fourth-order valence-electron chi connectivity index (χ4n) is 2.18. The number of carbonyl (C=O) groups is 1. The zero-order valence-electron chi connectivity index (χ0n) is 13.2. The first-order valence-corrected chi connectivity index (χ1v) is 8.50. The number of hydrogen-bond donors (Lipinski definition) is 1. The third-order valence-electron chi connectivity index (χ3n) is 3.28. The molecule has 0 fully saturated rings. The smallest absolute Gasteiger partial charge is 0.246 e. The maximum Gasteiger partial charge on any atom is 0.246 e. The first-order chi connectivity index (χ1) is 10.8. The Labute approximate surface area is 134 Å². The minimum atomic E-state index is -3.73. The van der Waals surface area contributed by atoms with Crippen molar-refractivity contribution in [3.63, 3.8) is 0 Å². The van der Waals surface area contributed by atoms with Crippen molar-refractivity contribution < 1.29 is 22.2 Å². The molecule has 0 spiro atoms. The lowest BCUT2D eigenvalue weighted by Crippen LogP contribution is -2.37. The Morgan fingerprint density at radius 2 is 2.13 bits per heavy atom. The van der Waals surface area contributed by atoms with E-state index >= 15 is 0 Å². The number of nitrogens with zero attached hydrogens (tertiary/aromatic N) is 2. The van der Waals surface area contributed by atoms with Crippen LogP contribution in [0.15, 0.2) is 32.2 Å². The van der Waals surface area contributed by atoms with Crippen LogP contribution >= 0.6 is 0 Å². The average molecular weight is 341 g/mol. The Balaban J connectivity index is 1.98. The highest BCUT2D eigenvalue weighted by Gasteiger charge is 2.24. The van der Waals surface area contributed by atoms with Gasteiger partial charge in [0.25, 0.3) is 0 Å². The minimum absolute atomic E-state index is 0.0397. The molecule has 0 aliphatic rings. The highest BCUT2D eigenvalue weighted by molar-refractivity contribution is 7.89. The van der Waals surface area contributed by atoms with E-state index in [4.69, 9.17) is 8.94 Å². The summed E-state index contributed by atoms with van der Waals surface area (Å²) in [5, 5.41) is 3.63. The van der Waals surface area contributed by atoms with E-state index in [9.17, 15) is 13.2 Å². The van der Waals surface area contributed by atoms with Crippen LogP contribution in [0.5, 0.6) is 0 Å². The second-order valence-electron chi connectivity index (χ2n) is 5.07. The summed E-state index contributed by atoms with van der Waals surface area (Å²) in [6.45, 7) is 5.10. The van der Waals surface area contributed by atoms with Gasteiger partial charge in [-0.2, -0.15) is 0 Å². The molecule has 2 heterocycles. The van der Waals surface area contributed by atoms with Crippen molar-refractivity contribution in [2.45, 2.75) is 32.2 Å². The summed E-state index contributed by atoms with van der Waals surface area (Å²) in [4.78, 5) is 13.2. The van der Waals surface area contributed by atoms with Crippen molar-refractivity contribution in [2.24, 2.45) is 0 Å². The van der Waals surface area contributed by atoms with Gasteiger partial charge < -0.3 is 13.8 Å². The number of carbonyl (C=O) groups excluding carboxylic acids is 1. The molecular weight excluding hydrogens is 322 g/mol. The number of rotatable bonds is 7. The van der Waals surface area contributed by atoms with E-state index < -0.39 is 10.0 Å². The van der Waals surface area contributed by atoms with Crippen molar-refractivity contribution in [1.82, 2.24) is 14.8 Å². The van der Waals surface area contributed by atoms with Crippen LogP contribution < -0.4 is 4.72 Å². The van der Waals surface area contributed by atoms with Crippen LogP contribution in [0.3, 0.4) is 0 Å². The quantitative estimate of drug-likeness (QED) is 0.811. The van der Waals surface area contributed by atoms with Gasteiger partial charge >= 0.3 is 0 Å². The largest absolute Gasteiger partial charge is 0.467 e. The Morgan fingerprint density at radius 1 is 1.39 bits per heavy atom. The summed E-state index contributed by atoms with van der Waals surface area (Å²) >= 11 is 0. The molecule has 0 bridgehead atoms. The fraction of sp³-hybridized carbons (Fsp3) is 0.429. The highest BCUT2D eigenvalue weighted by atomic mass is 32.2. The summed E-state index contributed by atoms with van der Waals surface area (Å²) in [5.74, 6) is 0.695. The highest BCUT2D eigenvalue weighted by Crippen LogP contribution is 2.18. The minimum Gasteiger partial charge on any atom is -0.467 e. The lowest BCUT2D eigenvalue weighted by Gasteiger charge is -2.20. The molecule has 0 saturated heterocycles. The standard InChI is InChI=1S/C14H19N3O5S/c1-10-14(11(2)22-16-10)23(19,20)15-6-7-17(12(3)18)9-13-5-4-8-21-13/h4-5,8,15H,6-7,9H2,1-3H3. The molecule has 1 amide bonds. The molecule has 126 valence electrons. The predicted molar refractivity (Wildman–Crippen MR) is 81.0 cm³/mol. The van der Waals surface area contributed by atoms with Crippen molar-refractivity contribution in [1.29, 1.82) is 0 Å². The summed E-state index contributed by atoms with van der Waals surface area (Å²) in [5.41, 5.74) is 0.300. The van der Waals surface area contributed by atoms with Gasteiger partial charge in [-0.1, -0.05) is 5.16 Å². The topological polar surface area (TPSA) is 106 Å². The van der Waals surface area contributed by atoms with Crippen molar-refractivity contribution >= 4 is 15.9 Å². The molecule has 0 radical (unpaired) electrons. The molecule has 0 aromatic carbocycles. The van der Waals surface area contributed by atoms with E-state index in [0.29, 0.717) is 11.5 Å². The fourth-order valence-corrected chi connectivity index (χ4v) is 3.53. The van der Waals surface area contributed by atoms with E-state index in [-0.39, 0.29) is 36.2 Å². The van der Waals surface area contributed by atoms with E-state index in [1.54, 1.807) is 19.1 Å². The van der Waals surface area contributed by atoms with Crippen LogP contribution in [0.2, 0.25) is 0 Å². The lowest BCUT2D eigenvalue weighted by molar-refractivity contribution is -0.129. The van der Waals surface area contributed by atoms with Gasteiger partial charge in [0, 0.05) is 20.0 Å². The van der Waals surface area contributed by atoms with Crippen molar-refractivity contribution in [3.05, 3.63) is 35.6 Å². The van der Waals surface area contributed by atoms with Crippen LogP contribution in [0.25, 0.3) is 0 Å². The third kappa shape index (κ3) is 4.20. The molecule has 0 aliphatic carbocycles. The Kier molecular flexibility index (Phi) is 5.22. The molecule has 0 aliphatic heterocycles. The second-order valence-corrected chi connectivity index (χ2v) is 6.77. The van der Waals surface area contributed by atoms with Crippen molar-refractivity contribution in [3.8, 4) is 0 Å². The molecule has 0 saturated carbocycles. The zero-order chi connectivity index (χ0) is 17.0. The summed E-state index contributed by atoms with van der Waals surface area (Å²) < 4.78 is 37.1. The second kappa shape index (κ2) is 6.97. The Bertz CT molecular complexity index is 745. The number of nitrogens with one attached hydrogen (secondary N) is 1. The molecule has 0 unspecified atom stereocenters. The average Bonchev–Trinajstić information content (AvgIpc) is 3.07. The van der Waals surface area contributed by atoms with Gasteiger partial charge in [-0.25, -0.2) is 13.1 Å². The zero-order valence-corrected chi connectivity index (χ0v) is 14.0. The first-order valence-electron chi connectivity index (χ1n) is 7.01. The Hall–Kier alpha value is -2.13. The van der Waals surface area contributed by atoms with Crippen molar-refractivity contribution in [2.75, 3.05) is 13.1 Å². The first kappa shape index (κ1) is 17.2. The summed E-state index contributed by atoms with van der Waals surface area (Å²) in [6.07, 6.45) is 1.52. The summed E-state index contributed by atoms with van der Waals surface area (Å²) in [6, 6.07) is 3.48. The maximum atomic E-state index is 12.3. The van der Waals surface area contributed by atoms with Gasteiger partial charge in [0.15, 0.2) is 5.76 Å². The number of amides is 1. The molecule has 2 aromatic rings. The molecule has 0 atom stereocenters. The van der Waals surface area contributed by atoms with Crippen LogP contribution in [0.4, 0.5) is 0 Å². The number of furan rings is 1. The monoisotopic (exact) mass is 341 g/mol. The van der Waals surface area contributed by atoms with Gasteiger partial charge in [0.2, 0.25) is 15.9 Å². The normalized spacial score (nSPS) is 11.6. The SMILES string of the molecule is CC(=O)N(CCNS(=O)(=O)c1c(C)noc1C)Cc1ccco1. The van der Waals surface area contributed by atoms with Crippen LogP contribution in [-0.4, -0.2) is 37.5 Å².